The molecule has 2 aromatic rings. The van der Waals surface area contributed by atoms with Crippen LogP contribution in [0.15, 0.2) is 24.7 Å². The van der Waals surface area contributed by atoms with Gasteiger partial charge in [-0.15, -0.1) is 0 Å². The van der Waals surface area contributed by atoms with E-state index >= 15 is 0 Å². The normalized spacial score (nSPS) is 14.4. The number of carbonyl (C=O) groups excluding carboxylic acids is 1. The van der Waals surface area contributed by atoms with E-state index in [-0.39, 0.29) is 5.69 Å². The van der Waals surface area contributed by atoms with E-state index in [2.05, 4.69) is 30.9 Å². The van der Waals surface area contributed by atoms with Crippen LogP contribution in [0.1, 0.15) is 28.9 Å². The molecule has 1 fully saturated rings. The Hall–Kier alpha value is -3.25. The lowest BCUT2D eigenvalue weighted by Crippen LogP contribution is -2.31. The van der Waals surface area contributed by atoms with Crippen LogP contribution in [-0.4, -0.2) is 40.5 Å². The average molecular weight is 352 g/mol. The summed E-state index contributed by atoms with van der Waals surface area (Å²) < 4.78 is 0. The number of nitriles is 1. The molecule has 0 atom stereocenters. The first-order valence-corrected chi connectivity index (χ1v) is 8.39. The highest BCUT2D eigenvalue weighted by Crippen LogP contribution is 2.22. The zero-order valence-electron chi connectivity index (χ0n) is 14.2. The van der Waals surface area contributed by atoms with Crippen LogP contribution >= 0.6 is 0 Å². The molecule has 1 aliphatic rings. The lowest BCUT2D eigenvalue weighted by molar-refractivity contribution is 0.100. The van der Waals surface area contributed by atoms with Crippen LogP contribution in [0.5, 0.6) is 0 Å². The Morgan fingerprint density at radius 2 is 2.00 bits per heavy atom. The molecule has 9 nitrogen and oxygen atoms in total. The number of rotatable bonds is 6. The Labute approximate surface area is 151 Å². The molecule has 1 aliphatic heterocycles. The largest absolute Gasteiger partial charge is 0.384 e. The lowest BCUT2D eigenvalue weighted by atomic mass is 9.98. The molecular formula is C17H20N8O. The maximum atomic E-state index is 11.7. The van der Waals surface area contributed by atoms with Gasteiger partial charge in [0.25, 0.3) is 5.91 Å². The van der Waals surface area contributed by atoms with Gasteiger partial charge in [-0.2, -0.15) is 5.26 Å². The third-order valence-corrected chi connectivity index (χ3v) is 4.23. The standard InChI is InChI=1S/C17H20N8O/c18-6-12-8-23-16(10-21-12)25-15-5-14(13(9-24-15)17(19)26)22-7-11-1-3-20-4-2-11/h5,8-11,20H,1-4,7H2,(H2,19,26)(H2,22,23,24,25). The van der Waals surface area contributed by atoms with E-state index in [1.54, 1.807) is 6.07 Å². The summed E-state index contributed by atoms with van der Waals surface area (Å²) in [6, 6.07) is 3.64. The van der Waals surface area contributed by atoms with E-state index < -0.39 is 5.91 Å². The number of piperidine rings is 1. The first-order chi connectivity index (χ1) is 12.7. The van der Waals surface area contributed by atoms with E-state index in [9.17, 15) is 4.79 Å². The zero-order valence-corrected chi connectivity index (χ0v) is 14.2. The highest BCUT2D eigenvalue weighted by Gasteiger charge is 2.15. The number of amides is 1. The van der Waals surface area contributed by atoms with Gasteiger partial charge in [0.2, 0.25) is 0 Å². The number of anilines is 3. The van der Waals surface area contributed by atoms with E-state index in [0.29, 0.717) is 28.8 Å². The predicted molar refractivity (Wildman–Crippen MR) is 96.9 cm³/mol. The van der Waals surface area contributed by atoms with Crippen LogP contribution in [0.3, 0.4) is 0 Å². The maximum Gasteiger partial charge on any atom is 0.252 e. The molecule has 0 saturated carbocycles. The van der Waals surface area contributed by atoms with Crippen molar-refractivity contribution in [3.8, 4) is 6.07 Å². The fraction of sp³-hybridized carbons (Fsp3) is 0.353. The number of nitrogens with one attached hydrogen (secondary N) is 3. The molecule has 26 heavy (non-hydrogen) atoms. The number of primary amides is 1. The van der Waals surface area contributed by atoms with Crippen molar-refractivity contribution < 1.29 is 4.79 Å². The van der Waals surface area contributed by atoms with Crippen molar-refractivity contribution in [2.45, 2.75) is 12.8 Å². The Kier molecular flexibility index (Phi) is 5.56. The van der Waals surface area contributed by atoms with Gasteiger partial charge in [-0.1, -0.05) is 0 Å². The van der Waals surface area contributed by atoms with Gasteiger partial charge in [0.15, 0.2) is 5.69 Å². The van der Waals surface area contributed by atoms with Crippen LogP contribution in [0, 0.1) is 17.2 Å². The third-order valence-electron chi connectivity index (χ3n) is 4.23. The van der Waals surface area contributed by atoms with Crippen molar-refractivity contribution in [1.29, 1.82) is 5.26 Å². The molecule has 0 spiro atoms. The Morgan fingerprint density at radius 1 is 1.23 bits per heavy atom. The van der Waals surface area contributed by atoms with Gasteiger partial charge in [-0.25, -0.2) is 15.0 Å². The van der Waals surface area contributed by atoms with Gasteiger partial charge < -0.3 is 21.7 Å². The van der Waals surface area contributed by atoms with Gasteiger partial charge >= 0.3 is 0 Å². The number of carbonyl (C=O) groups is 1. The SMILES string of the molecule is N#Cc1cnc(Nc2cc(NCC3CCNCC3)c(C(N)=O)cn2)cn1. The van der Waals surface area contributed by atoms with Crippen molar-refractivity contribution in [2.24, 2.45) is 11.7 Å². The number of aromatic nitrogens is 3. The van der Waals surface area contributed by atoms with Crippen molar-refractivity contribution in [3.05, 3.63) is 35.9 Å². The molecule has 3 heterocycles. The number of hydrogen-bond acceptors (Lipinski definition) is 8. The number of pyridine rings is 1. The highest BCUT2D eigenvalue weighted by molar-refractivity contribution is 5.98. The molecular weight excluding hydrogens is 332 g/mol. The summed E-state index contributed by atoms with van der Waals surface area (Å²) in [4.78, 5) is 23.9. The van der Waals surface area contributed by atoms with Crippen LogP contribution in [-0.2, 0) is 0 Å². The van der Waals surface area contributed by atoms with Crippen molar-refractivity contribution >= 4 is 23.2 Å². The molecule has 134 valence electrons. The van der Waals surface area contributed by atoms with Crippen molar-refractivity contribution in [1.82, 2.24) is 20.3 Å². The lowest BCUT2D eigenvalue weighted by Gasteiger charge is -2.23. The van der Waals surface area contributed by atoms with E-state index in [1.165, 1.54) is 18.6 Å². The molecule has 1 saturated heterocycles. The van der Waals surface area contributed by atoms with Crippen molar-refractivity contribution in [2.75, 3.05) is 30.3 Å². The second kappa shape index (κ2) is 8.22. The molecule has 5 N–H and O–H groups in total. The smallest absolute Gasteiger partial charge is 0.252 e. The topological polar surface area (TPSA) is 142 Å². The van der Waals surface area contributed by atoms with Gasteiger partial charge in [0.05, 0.1) is 23.6 Å². The fourth-order valence-corrected chi connectivity index (χ4v) is 2.79. The van der Waals surface area contributed by atoms with E-state index in [1.807, 2.05) is 6.07 Å². The first kappa shape index (κ1) is 17.6. The van der Waals surface area contributed by atoms with Crippen LogP contribution < -0.4 is 21.7 Å². The van der Waals surface area contributed by atoms with Gasteiger partial charge in [0, 0.05) is 18.8 Å². The molecule has 0 unspecified atom stereocenters. The minimum absolute atomic E-state index is 0.233. The number of hydrogen-bond donors (Lipinski definition) is 4. The van der Waals surface area contributed by atoms with Crippen LogP contribution in [0.4, 0.5) is 17.3 Å². The monoisotopic (exact) mass is 352 g/mol. The summed E-state index contributed by atoms with van der Waals surface area (Å²) >= 11 is 0. The minimum atomic E-state index is -0.532. The summed E-state index contributed by atoms with van der Waals surface area (Å²) in [5.74, 6) is 0.968. The van der Waals surface area contributed by atoms with E-state index in [0.717, 1.165) is 32.5 Å². The molecule has 0 aromatic carbocycles. The van der Waals surface area contributed by atoms with E-state index in [4.69, 9.17) is 11.0 Å². The summed E-state index contributed by atoms with van der Waals surface area (Å²) in [7, 11) is 0. The fourth-order valence-electron chi connectivity index (χ4n) is 2.79. The molecule has 3 rings (SSSR count). The molecule has 2 aromatic heterocycles. The van der Waals surface area contributed by atoms with Gasteiger partial charge in [0.1, 0.15) is 17.7 Å². The third kappa shape index (κ3) is 4.43. The van der Waals surface area contributed by atoms with Crippen LogP contribution in [0.2, 0.25) is 0 Å². The average Bonchev–Trinajstić information content (AvgIpc) is 2.68. The molecule has 0 aliphatic carbocycles. The molecule has 1 amide bonds. The predicted octanol–water partition coefficient (Wildman–Crippen LogP) is 0.997. The van der Waals surface area contributed by atoms with Gasteiger partial charge in [-0.3, -0.25) is 4.79 Å². The summed E-state index contributed by atoms with van der Waals surface area (Å²) in [6.45, 7) is 2.78. The summed E-state index contributed by atoms with van der Waals surface area (Å²) in [6.07, 6.45) is 6.44. The van der Waals surface area contributed by atoms with Crippen molar-refractivity contribution in [3.63, 3.8) is 0 Å². The Balaban J connectivity index is 1.74. The first-order valence-electron chi connectivity index (χ1n) is 8.39. The van der Waals surface area contributed by atoms with Crippen LogP contribution in [0.25, 0.3) is 0 Å². The molecule has 0 radical (unpaired) electrons. The Bertz CT molecular complexity index is 809. The zero-order chi connectivity index (χ0) is 18.4. The van der Waals surface area contributed by atoms with Gasteiger partial charge in [-0.05, 0) is 31.8 Å². The quantitative estimate of drug-likeness (QED) is 0.603. The number of nitrogens with two attached hydrogens (primary N) is 1. The molecule has 0 bridgehead atoms. The number of nitrogens with zero attached hydrogens (tertiary/aromatic N) is 4. The second-order valence-electron chi connectivity index (χ2n) is 6.08. The maximum absolute atomic E-state index is 11.7. The molecule has 9 heteroatoms. The second-order valence-corrected chi connectivity index (χ2v) is 6.08. The summed E-state index contributed by atoms with van der Waals surface area (Å²) in [5.41, 5.74) is 6.67. The minimum Gasteiger partial charge on any atom is -0.384 e. The Morgan fingerprint density at radius 3 is 2.65 bits per heavy atom. The highest BCUT2D eigenvalue weighted by atomic mass is 16.1. The summed E-state index contributed by atoms with van der Waals surface area (Å²) in [5, 5.41) is 18.4.